The minimum atomic E-state index is -0.639. The predicted molar refractivity (Wildman–Crippen MR) is 215 cm³/mol. The third kappa shape index (κ3) is 15.8. The van der Waals surface area contributed by atoms with Crippen LogP contribution >= 0.6 is 0 Å². The molecule has 2 atom stereocenters. The van der Waals surface area contributed by atoms with E-state index in [1.165, 1.54) is 11.9 Å². The molecule has 0 unspecified atom stereocenters. The molecule has 56 heavy (non-hydrogen) atoms. The first-order chi connectivity index (χ1) is 27.3. The van der Waals surface area contributed by atoms with Crippen molar-refractivity contribution < 1.29 is 19.2 Å². The maximum atomic E-state index is 13.0. The van der Waals surface area contributed by atoms with Crippen molar-refractivity contribution in [2.75, 3.05) is 19.0 Å². The van der Waals surface area contributed by atoms with E-state index in [-0.39, 0.29) is 42.3 Å². The molecule has 268 valence electrons. The number of nitrogens with zero attached hydrogens (tertiary/aromatic N) is 2. The number of hydrazine groups is 1. The number of carbonyl (C=O) groups excluding carboxylic acids is 4. The van der Waals surface area contributed by atoms with Crippen LogP contribution in [0.5, 0.6) is 0 Å². The van der Waals surface area contributed by atoms with E-state index in [2.05, 4.69) is 135 Å². The topological polar surface area (TPSA) is 98.8 Å². The van der Waals surface area contributed by atoms with E-state index in [0.29, 0.717) is 37.1 Å². The zero-order valence-corrected chi connectivity index (χ0v) is 30.7. The van der Waals surface area contributed by atoms with Gasteiger partial charge in [-0.25, -0.2) is 0 Å². The van der Waals surface area contributed by atoms with E-state index in [0.717, 1.165) is 5.56 Å². The van der Waals surface area contributed by atoms with E-state index in [4.69, 9.17) is 6.42 Å². The van der Waals surface area contributed by atoms with Crippen molar-refractivity contribution in [2.24, 2.45) is 5.92 Å². The molecule has 1 aliphatic heterocycles. The average Bonchev–Trinajstić information content (AvgIpc) is 3.72. The van der Waals surface area contributed by atoms with Crippen LogP contribution in [0.25, 0.3) is 0 Å². The Labute approximate surface area is 329 Å². The van der Waals surface area contributed by atoms with E-state index in [9.17, 15) is 19.2 Å². The van der Waals surface area contributed by atoms with Crippen LogP contribution in [-0.2, 0) is 20.8 Å². The number of terminal acetylenes is 1. The van der Waals surface area contributed by atoms with Gasteiger partial charge in [-0.05, 0) is 96.5 Å². The van der Waals surface area contributed by atoms with Crippen LogP contribution in [0, 0.1) is 137 Å². The second-order valence-corrected chi connectivity index (χ2v) is 11.5. The summed E-state index contributed by atoms with van der Waals surface area (Å²) in [6, 6.07) is 18.2. The Morgan fingerprint density at radius 1 is 0.732 bits per heavy atom. The summed E-state index contributed by atoms with van der Waals surface area (Å²) in [4.78, 5) is 54.2. The molecule has 1 heterocycles. The number of hydrogen-bond donors (Lipinski definition) is 2. The number of Topliss-reactive ketones (excluding diaryl/α,β-unsaturated/α-hetero) is 1. The molecule has 2 aromatic carbocycles. The van der Waals surface area contributed by atoms with Gasteiger partial charge in [0.05, 0.1) is 5.69 Å². The first-order valence-corrected chi connectivity index (χ1v) is 17.1. The third-order valence-electron chi connectivity index (χ3n) is 7.58. The van der Waals surface area contributed by atoms with Crippen LogP contribution in [0.4, 0.5) is 5.69 Å². The summed E-state index contributed by atoms with van der Waals surface area (Å²) in [6.07, 6.45) is 6.98. The third-order valence-corrected chi connectivity index (χ3v) is 7.58. The molecule has 3 amide bonds. The summed E-state index contributed by atoms with van der Waals surface area (Å²) in [5, 5.41) is 0. The van der Waals surface area contributed by atoms with Crippen LogP contribution in [0.3, 0.4) is 0 Å². The van der Waals surface area contributed by atoms with Crippen LogP contribution in [0.1, 0.15) is 48.5 Å². The second kappa shape index (κ2) is 24.6. The number of benzene rings is 2. The maximum Gasteiger partial charge on any atom is 0.265 e. The summed E-state index contributed by atoms with van der Waals surface area (Å²) >= 11 is 0. The first kappa shape index (κ1) is 41.9. The molecule has 0 saturated carbocycles. The number of amides is 3. The smallest absolute Gasteiger partial charge is 0.265 e. The zero-order chi connectivity index (χ0) is 40.2. The normalized spacial score (nSPS) is 11.4. The van der Waals surface area contributed by atoms with Crippen LogP contribution in [0.2, 0.25) is 0 Å². The molecule has 0 bridgehead atoms. The molecule has 1 saturated heterocycles. The highest BCUT2D eigenvalue weighted by atomic mass is 16.2. The summed E-state index contributed by atoms with van der Waals surface area (Å²) < 4.78 is 0. The van der Waals surface area contributed by atoms with Gasteiger partial charge in [-0.2, -0.15) is 0 Å². The van der Waals surface area contributed by atoms with Crippen LogP contribution in [0.15, 0.2) is 54.6 Å². The van der Waals surface area contributed by atoms with Gasteiger partial charge in [0.25, 0.3) is 11.8 Å². The van der Waals surface area contributed by atoms with Crippen molar-refractivity contribution >= 4 is 29.2 Å². The van der Waals surface area contributed by atoms with Crippen molar-refractivity contribution in [1.82, 2.24) is 15.2 Å². The fourth-order valence-electron chi connectivity index (χ4n) is 4.88. The molecule has 0 spiro atoms. The average molecular weight is 729 g/mol. The lowest BCUT2D eigenvalue weighted by Crippen LogP contribution is -2.47. The summed E-state index contributed by atoms with van der Waals surface area (Å²) in [6.45, 7) is 2.33. The minimum Gasteiger partial charge on any atom is -0.331 e. The van der Waals surface area contributed by atoms with Gasteiger partial charge in [-0.1, -0.05) is 37.3 Å². The van der Waals surface area contributed by atoms with Gasteiger partial charge in [-0.15, -0.1) is 6.42 Å². The summed E-state index contributed by atoms with van der Waals surface area (Å²) in [5.41, 5.74) is 7.46. The summed E-state index contributed by atoms with van der Waals surface area (Å²) in [5.74, 6) is 48.2. The van der Waals surface area contributed by atoms with Gasteiger partial charge >= 0.3 is 0 Å². The Bertz CT molecular complexity index is 2520. The van der Waals surface area contributed by atoms with Crippen molar-refractivity contribution in [3.63, 3.8) is 0 Å². The standard InChI is InChI=1S/C48H32N4O4/c1-4-5-6-7-8-9-10-11-12-13-14-15-16-17-18-19-20-21-22-26-37-51(3)48(56)42-31-33-43(34-32-42)49-50-47(55)44-30-27-38-52(44)46(54)36-35-45(53)40(2)39-41-28-24-23-25-29-41/h1,23-25,28-29,31-34,40,44,49H,27,30,35-36,38-39H2,2-3H3,(H,50,55)/t40-,44-/m0/s1. The quantitative estimate of drug-likeness (QED) is 0.223. The second-order valence-electron chi connectivity index (χ2n) is 11.5. The van der Waals surface area contributed by atoms with E-state index in [1.54, 1.807) is 29.2 Å². The largest absolute Gasteiger partial charge is 0.331 e. The van der Waals surface area contributed by atoms with Gasteiger partial charge in [0.2, 0.25) is 5.91 Å². The van der Waals surface area contributed by atoms with Gasteiger partial charge in [0.1, 0.15) is 11.8 Å². The fourth-order valence-corrected chi connectivity index (χ4v) is 4.88. The number of likely N-dealkylation sites (tertiary alicyclic amines) is 1. The number of hydrogen-bond acceptors (Lipinski definition) is 5. The number of ketones is 1. The van der Waals surface area contributed by atoms with Gasteiger partial charge in [0, 0.05) is 115 Å². The number of nitrogens with one attached hydrogen (secondary N) is 2. The summed E-state index contributed by atoms with van der Waals surface area (Å²) in [7, 11) is 1.51. The lowest BCUT2D eigenvalue weighted by atomic mass is 9.94. The molecule has 2 N–H and O–H groups in total. The molecule has 8 nitrogen and oxygen atoms in total. The zero-order valence-electron chi connectivity index (χ0n) is 30.7. The number of rotatable bonds is 10. The number of carbonyl (C=O) groups is 4. The molecule has 0 aromatic heterocycles. The number of anilines is 1. The molecule has 0 radical (unpaired) electrons. The predicted octanol–water partition coefficient (Wildman–Crippen LogP) is 3.05. The Morgan fingerprint density at radius 3 is 1.79 bits per heavy atom. The highest BCUT2D eigenvalue weighted by Gasteiger charge is 2.34. The van der Waals surface area contributed by atoms with Crippen molar-refractivity contribution in [3.8, 4) is 131 Å². The monoisotopic (exact) mass is 728 g/mol. The highest BCUT2D eigenvalue weighted by molar-refractivity contribution is 5.95. The van der Waals surface area contributed by atoms with Gasteiger partial charge in [-0.3, -0.25) is 34.9 Å². The molecule has 1 aliphatic rings. The molecule has 1 fully saturated rings. The Kier molecular flexibility index (Phi) is 18.4. The first-order valence-electron chi connectivity index (χ1n) is 17.1. The minimum absolute atomic E-state index is 0.0245. The highest BCUT2D eigenvalue weighted by Crippen LogP contribution is 2.20. The molecular formula is C48H32N4O4. The Balaban J connectivity index is 1.40. The maximum absolute atomic E-state index is 13.0. The molecule has 0 aliphatic carbocycles. The lowest BCUT2D eigenvalue weighted by molar-refractivity contribution is -0.139. The van der Waals surface area contributed by atoms with Crippen molar-refractivity contribution in [3.05, 3.63) is 65.7 Å². The van der Waals surface area contributed by atoms with Crippen molar-refractivity contribution in [2.45, 2.75) is 45.1 Å². The van der Waals surface area contributed by atoms with Crippen LogP contribution in [-0.4, -0.2) is 52.9 Å². The van der Waals surface area contributed by atoms with E-state index >= 15 is 0 Å². The van der Waals surface area contributed by atoms with E-state index < -0.39 is 6.04 Å². The van der Waals surface area contributed by atoms with Gasteiger partial charge < -0.3 is 4.90 Å². The van der Waals surface area contributed by atoms with E-state index in [1.807, 2.05) is 37.3 Å². The SMILES string of the molecule is C#CC#CC#CC#CC#CC#CC#CC#CC#CC#CC#CN(C)C(=O)c1ccc(NNC(=O)[C@@H]2CCCN2C(=O)CCC(=O)[C@@H](C)Cc2ccccc2)cc1. The van der Waals surface area contributed by atoms with Crippen molar-refractivity contribution in [1.29, 1.82) is 0 Å². The van der Waals surface area contributed by atoms with Gasteiger partial charge in [0.15, 0.2) is 0 Å². The molecule has 2 aromatic rings. The molecule has 8 heteroatoms. The molecular weight excluding hydrogens is 697 g/mol. The van der Waals surface area contributed by atoms with Crippen LogP contribution < -0.4 is 10.9 Å². The fraction of sp³-hybridized carbons (Fsp3) is 0.208. The Morgan fingerprint density at radius 2 is 1.25 bits per heavy atom. The Hall–Kier alpha value is -8.52. The molecule has 3 rings (SSSR count). The lowest BCUT2D eigenvalue weighted by Gasteiger charge is -2.24.